The molecule has 6 rings (SSSR count). The second kappa shape index (κ2) is 11.7. The topological polar surface area (TPSA) is 125 Å². The Kier molecular flexibility index (Phi) is 7.67. The second-order valence-electron chi connectivity index (χ2n) is 9.82. The van der Waals surface area contributed by atoms with Crippen molar-refractivity contribution in [1.29, 1.82) is 0 Å². The van der Waals surface area contributed by atoms with Gasteiger partial charge in [0, 0.05) is 52.6 Å². The summed E-state index contributed by atoms with van der Waals surface area (Å²) in [7, 11) is 1.66. The van der Waals surface area contributed by atoms with Gasteiger partial charge in [-0.1, -0.05) is 28.9 Å². The summed E-state index contributed by atoms with van der Waals surface area (Å²) in [6.45, 7) is 0.666. The summed E-state index contributed by atoms with van der Waals surface area (Å²) in [5.74, 6) is 1.00. The van der Waals surface area contributed by atoms with Crippen molar-refractivity contribution < 1.29 is 9.53 Å². The van der Waals surface area contributed by atoms with Crippen LogP contribution in [0.1, 0.15) is 38.0 Å². The lowest BCUT2D eigenvalue weighted by Gasteiger charge is -2.12. The number of hydrogen-bond acceptors (Lipinski definition) is 7. The van der Waals surface area contributed by atoms with Crippen molar-refractivity contribution in [3.63, 3.8) is 0 Å². The number of H-pyrrole nitrogens is 1. The number of tetrazole rings is 1. The highest BCUT2D eigenvalue weighted by atomic mass is 35.5. The van der Waals surface area contributed by atoms with Crippen LogP contribution in [-0.2, 0) is 38.6 Å². The summed E-state index contributed by atoms with van der Waals surface area (Å²) < 4.78 is 8.84. The molecule has 208 valence electrons. The molecule has 0 atom stereocenters. The van der Waals surface area contributed by atoms with E-state index in [1.54, 1.807) is 24.5 Å². The number of aromatic nitrogens is 6. The third-order valence-corrected chi connectivity index (χ3v) is 8.66. The maximum absolute atomic E-state index is 12.1. The lowest BCUT2D eigenvalue weighted by molar-refractivity contribution is 0.100. The molecule has 0 fully saturated rings. The van der Waals surface area contributed by atoms with E-state index in [0.29, 0.717) is 29.4 Å². The van der Waals surface area contributed by atoms with Gasteiger partial charge < -0.3 is 15.0 Å². The smallest absolute Gasteiger partial charge is 0.248 e. The van der Waals surface area contributed by atoms with E-state index in [1.165, 1.54) is 16.8 Å². The van der Waals surface area contributed by atoms with Gasteiger partial charge in [0.2, 0.25) is 5.91 Å². The highest BCUT2D eigenvalue weighted by Crippen LogP contribution is 2.32. The average molecular weight is 586 g/mol. The largest absolute Gasteiger partial charge is 0.497 e. The van der Waals surface area contributed by atoms with Crippen LogP contribution in [0.15, 0.2) is 60.7 Å². The van der Waals surface area contributed by atoms with E-state index in [9.17, 15) is 4.79 Å². The number of carbonyl (C=O) groups excluding carboxylic acids is 1. The van der Waals surface area contributed by atoms with Crippen molar-refractivity contribution >= 4 is 50.0 Å². The number of nitrogens with two attached hydrogens (primary N) is 1. The van der Waals surface area contributed by atoms with Gasteiger partial charge in [-0.05, 0) is 72.9 Å². The van der Waals surface area contributed by atoms with E-state index < -0.39 is 5.91 Å². The number of nitrogens with zero attached hydrogens (tertiary/aromatic N) is 5. The van der Waals surface area contributed by atoms with Gasteiger partial charge in [-0.15, -0.1) is 21.5 Å². The molecular formula is C30H28ClN7O2S. The molecule has 0 aliphatic rings. The molecule has 0 unspecified atom stereocenters. The number of nitrogens with one attached hydrogen (secondary N) is 1. The first kappa shape index (κ1) is 26.9. The minimum atomic E-state index is -0.443. The molecule has 0 saturated heterocycles. The minimum Gasteiger partial charge on any atom is -0.497 e. The Morgan fingerprint density at radius 3 is 2.63 bits per heavy atom. The Morgan fingerprint density at radius 2 is 1.88 bits per heavy atom. The summed E-state index contributed by atoms with van der Waals surface area (Å²) in [6, 6.07) is 19.6. The quantitative estimate of drug-likeness (QED) is 0.211. The fourth-order valence-corrected chi connectivity index (χ4v) is 6.36. The molecule has 9 nitrogen and oxygen atoms in total. The second-order valence-corrected chi connectivity index (χ2v) is 11.4. The number of thiazole rings is 1. The molecule has 11 heteroatoms. The maximum Gasteiger partial charge on any atom is 0.248 e. The van der Waals surface area contributed by atoms with Crippen molar-refractivity contribution in [3.8, 4) is 5.75 Å². The first-order chi connectivity index (χ1) is 20.0. The van der Waals surface area contributed by atoms with Gasteiger partial charge >= 0.3 is 0 Å². The minimum absolute atomic E-state index is 0.443. The summed E-state index contributed by atoms with van der Waals surface area (Å²) in [4.78, 5) is 17.0. The van der Waals surface area contributed by atoms with Crippen LogP contribution in [-0.4, -0.2) is 43.2 Å². The van der Waals surface area contributed by atoms with E-state index in [2.05, 4.69) is 43.4 Å². The molecule has 3 aromatic carbocycles. The molecule has 3 aromatic heterocycles. The number of methoxy groups -OCH3 is 1. The Balaban J connectivity index is 1.40. The Morgan fingerprint density at radius 1 is 1.02 bits per heavy atom. The van der Waals surface area contributed by atoms with Crippen LogP contribution < -0.4 is 10.5 Å². The first-order valence-corrected chi connectivity index (χ1v) is 14.5. The van der Waals surface area contributed by atoms with Crippen molar-refractivity contribution in [2.24, 2.45) is 5.73 Å². The molecule has 0 bridgehead atoms. The summed E-state index contributed by atoms with van der Waals surface area (Å²) >= 11 is 7.83. The molecule has 6 aromatic rings. The van der Waals surface area contributed by atoms with Crippen molar-refractivity contribution in [3.05, 3.63) is 98.9 Å². The first-order valence-electron chi connectivity index (χ1n) is 13.3. The van der Waals surface area contributed by atoms with Crippen LogP contribution in [0.3, 0.4) is 0 Å². The molecular weight excluding hydrogens is 558 g/mol. The molecule has 0 saturated carbocycles. The van der Waals surface area contributed by atoms with Crippen molar-refractivity contribution in [2.75, 3.05) is 7.11 Å². The highest BCUT2D eigenvalue weighted by Gasteiger charge is 2.20. The fraction of sp³-hybridized carbons (Fsp3) is 0.233. The Hall–Kier alpha value is -4.28. The summed E-state index contributed by atoms with van der Waals surface area (Å²) in [5, 5.41) is 17.4. The predicted octanol–water partition coefficient (Wildman–Crippen LogP) is 5.34. The molecule has 0 aliphatic heterocycles. The third kappa shape index (κ3) is 5.79. The van der Waals surface area contributed by atoms with Gasteiger partial charge in [0.05, 0.1) is 22.3 Å². The standard InChI is InChI=1S/C30H28ClN7O2S/c1-40-21-8-12-27-24(17-21)33-29(41-27)13-11-25-22(9-4-18-2-6-20(31)7-3-18)23-16-19(30(32)39)5-10-26(23)38(25)15-14-28-34-36-37-35-28/h2-3,5-8,10,12,16-17H,4,9,11,13-15H2,1H3,(H2,32,39)(H,34,35,36,37). The number of benzene rings is 3. The summed E-state index contributed by atoms with van der Waals surface area (Å²) in [5.41, 5.74) is 11.8. The number of halogens is 1. The maximum atomic E-state index is 12.1. The van der Waals surface area contributed by atoms with Gasteiger partial charge in [0.25, 0.3) is 0 Å². The normalized spacial score (nSPS) is 11.5. The molecule has 3 heterocycles. The van der Waals surface area contributed by atoms with Crippen molar-refractivity contribution in [2.45, 2.75) is 38.6 Å². The Labute approximate surface area is 245 Å². The van der Waals surface area contributed by atoms with Crippen LogP contribution in [0.4, 0.5) is 0 Å². The predicted molar refractivity (Wildman–Crippen MR) is 161 cm³/mol. The van der Waals surface area contributed by atoms with E-state index in [0.717, 1.165) is 57.6 Å². The Bertz CT molecular complexity index is 1830. The van der Waals surface area contributed by atoms with Crippen molar-refractivity contribution in [1.82, 2.24) is 30.2 Å². The van der Waals surface area contributed by atoms with E-state index >= 15 is 0 Å². The molecule has 1 amide bonds. The number of fused-ring (bicyclic) bond motifs is 2. The highest BCUT2D eigenvalue weighted by molar-refractivity contribution is 7.18. The molecule has 0 radical (unpaired) electrons. The SMILES string of the molecule is COc1ccc2sc(CCc3c(CCc4ccc(Cl)cc4)c4cc(C(N)=O)ccc4n3CCc3nn[nH]n3)nc2c1. The van der Waals surface area contributed by atoms with E-state index in [1.807, 2.05) is 36.4 Å². The van der Waals surface area contributed by atoms with E-state index in [4.69, 9.17) is 27.1 Å². The number of carbonyl (C=O) groups is 1. The van der Waals surface area contributed by atoms with Crippen LogP contribution >= 0.6 is 22.9 Å². The van der Waals surface area contributed by atoms with Crippen LogP contribution in [0, 0.1) is 0 Å². The van der Waals surface area contributed by atoms with Crippen LogP contribution in [0.2, 0.25) is 5.02 Å². The number of rotatable bonds is 11. The zero-order valence-electron chi connectivity index (χ0n) is 22.4. The van der Waals surface area contributed by atoms with Crippen LogP contribution in [0.5, 0.6) is 5.75 Å². The molecule has 3 N–H and O–H groups in total. The number of aryl methyl sites for hydroxylation is 5. The summed E-state index contributed by atoms with van der Waals surface area (Å²) in [6.07, 6.45) is 3.79. The number of primary amides is 1. The zero-order chi connectivity index (χ0) is 28.3. The van der Waals surface area contributed by atoms with Gasteiger partial charge in [0.15, 0.2) is 5.82 Å². The molecule has 41 heavy (non-hydrogen) atoms. The van der Waals surface area contributed by atoms with Gasteiger partial charge in [-0.2, -0.15) is 5.21 Å². The van der Waals surface area contributed by atoms with Crippen LogP contribution in [0.25, 0.3) is 21.1 Å². The number of ether oxygens (including phenoxy) is 1. The lowest BCUT2D eigenvalue weighted by atomic mass is 9.99. The van der Waals surface area contributed by atoms with Gasteiger partial charge in [0.1, 0.15) is 5.75 Å². The lowest BCUT2D eigenvalue weighted by Crippen LogP contribution is -2.10. The number of amides is 1. The molecule has 0 spiro atoms. The van der Waals surface area contributed by atoms with Gasteiger partial charge in [-0.3, -0.25) is 4.79 Å². The van der Waals surface area contributed by atoms with Gasteiger partial charge in [-0.25, -0.2) is 4.98 Å². The zero-order valence-corrected chi connectivity index (χ0v) is 24.0. The monoisotopic (exact) mass is 585 g/mol. The van der Waals surface area contributed by atoms with E-state index in [-0.39, 0.29) is 0 Å². The average Bonchev–Trinajstić information content (AvgIpc) is 3.71. The number of aromatic amines is 1. The number of hydrogen-bond donors (Lipinski definition) is 2. The molecule has 0 aliphatic carbocycles. The third-order valence-electron chi connectivity index (χ3n) is 7.31. The fourth-order valence-electron chi connectivity index (χ4n) is 5.29.